The molecule has 2 rings (SSSR count). The number of anilines is 1. The van der Waals surface area contributed by atoms with E-state index in [1.54, 1.807) is 0 Å². The van der Waals surface area contributed by atoms with Crippen LogP contribution in [0.4, 0.5) is 5.82 Å². The molecule has 0 saturated heterocycles. The SMILES string of the molecule is CCCc1nc(CC)c(N)n1C1CC1. The van der Waals surface area contributed by atoms with Crippen molar-refractivity contribution in [2.45, 2.75) is 52.0 Å². The van der Waals surface area contributed by atoms with Gasteiger partial charge in [0.2, 0.25) is 0 Å². The maximum atomic E-state index is 6.09. The molecular weight excluding hydrogens is 174 g/mol. The van der Waals surface area contributed by atoms with Gasteiger partial charge in [0.25, 0.3) is 0 Å². The Kier molecular flexibility index (Phi) is 2.48. The summed E-state index contributed by atoms with van der Waals surface area (Å²) in [4.78, 5) is 4.62. The van der Waals surface area contributed by atoms with Crippen LogP contribution >= 0.6 is 0 Å². The van der Waals surface area contributed by atoms with Crippen LogP contribution in [0.1, 0.15) is 50.7 Å². The average Bonchev–Trinajstić information content (AvgIpc) is 2.94. The highest BCUT2D eigenvalue weighted by molar-refractivity contribution is 5.39. The van der Waals surface area contributed by atoms with Crippen molar-refractivity contribution in [1.29, 1.82) is 0 Å². The van der Waals surface area contributed by atoms with Crippen LogP contribution in [0.5, 0.6) is 0 Å². The second-order valence-electron chi connectivity index (χ2n) is 4.06. The molecule has 3 heteroatoms. The summed E-state index contributed by atoms with van der Waals surface area (Å²) >= 11 is 0. The minimum Gasteiger partial charge on any atom is -0.384 e. The Balaban J connectivity index is 2.35. The highest BCUT2D eigenvalue weighted by Gasteiger charge is 2.28. The Labute approximate surface area is 85.3 Å². The fourth-order valence-electron chi connectivity index (χ4n) is 1.95. The molecule has 2 N–H and O–H groups in total. The summed E-state index contributed by atoms with van der Waals surface area (Å²) in [6.45, 7) is 4.30. The molecule has 1 aromatic heterocycles. The van der Waals surface area contributed by atoms with Crippen LogP contribution in [0.15, 0.2) is 0 Å². The van der Waals surface area contributed by atoms with E-state index in [0.717, 1.165) is 30.8 Å². The zero-order valence-corrected chi connectivity index (χ0v) is 9.08. The predicted octanol–water partition coefficient (Wildman–Crippen LogP) is 2.32. The maximum Gasteiger partial charge on any atom is 0.127 e. The van der Waals surface area contributed by atoms with Crippen LogP contribution in [-0.2, 0) is 12.8 Å². The molecule has 0 atom stereocenters. The number of aryl methyl sites for hydroxylation is 2. The normalized spacial score (nSPS) is 16.1. The monoisotopic (exact) mass is 193 g/mol. The fourth-order valence-corrected chi connectivity index (χ4v) is 1.95. The first-order valence-electron chi connectivity index (χ1n) is 5.63. The largest absolute Gasteiger partial charge is 0.384 e. The van der Waals surface area contributed by atoms with Crippen molar-refractivity contribution in [3.05, 3.63) is 11.5 Å². The third-order valence-electron chi connectivity index (χ3n) is 2.82. The number of imidazole rings is 1. The van der Waals surface area contributed by atoms with Crippen molar-refractivity contribution >= 4 is 5.82 Å². The topological polar surface area (TPSA) is 43.8 Å². The van der Waals surface area contributed by atoms with E-state index in [1.165, 1.54) is 18.7 Å². The summed E-state index contributed by atoms with van der Waals surface area (Å²) in [6.07, 6.45) is 5.70. The molecular formula is C11H19N3. The fraction of sp³-hybridized carbons (Fsp3) is 0.727. The molecule has 0 aliphatic heterocycles. The summed E-state index contributed by atoms with van der Waals surface area (Å²) in [5.74, 6) is 2.11. The number of nitrogens with two attached hydrogens (primary N) is 1. The lowest BCUT2D eigenvalue weighted by Crippen LogP contribution is -2.05. The maximum absolute atomic E-state index is 6.09. The lowest BCUT2D eigenvalue weighted by atomic mass is 10.3. The van der Waals surface area contributed by atoms with Gasteiger partial charge >= 0.3 is 0 Å². The molecule has 0 aromatic carbocycles. The first-order valence-corrected chi connectivity index (χ1v) is 5.63. The van der Waals surface area contributed by atoms with E-state index < -0.39 is 0 Å². The van der Waals surface area contributed by atoms with Crippen LogP contribution in [0.25, 0.3) is 0 Å². The van der Waals surface area contributed by atoms with Gasteiger partial charge in [0.05, 0.1) is 5.69 Å². The second kappa shape index (κ2) is 3.64. The lowest BCUT2D eigenvalue weighted by Gasteiger charge is -2.06. The second-order valence-corrected chi connectivity index (χ2v) is 4.06. The molecule has 0 radical (unpaired) electrons. The zero-order valence-electron chi connectivity index (χ0n) is 9.08. The van der Waals surface area contributed by atoms with Gasteiger partial charge < -0.3 is 10.3 Å². The summed E-state index contributed by atoms with van der Waals surface area (Å²) in [5, 5.41) is 0. The van der Waals surface area contributed by atoms with Crippen molar-refractivity contribution in [1.82, 2.24) is 9.55 Å². The Morgan fingerprint density at radius 1 is 1.43 bits per heavy atom. The van der Waals surface area contributed by atoms with Crippen LogP contribution < -0.4 is 5.73 Å². The Bertz CT molecular complexity index is 324. The van der Waals surface area contributed by atoms with E-state index >= 15 is 0 Å². The van der Waals surface area contributed by atoms with E-state index in [4.69, 9.17) is 5.73 Å². The molecule has 1 aliphatic rings. The van der Waals surface area contributed by atoms with E-state index in [-0.39, 0.29) is 0 Å². The molecule has 3 nitrogen and oxygen atoms in total. The van der Waals surface area contributed by atoms with Gasteiger partial charge in [0.1, 0.15) is 11.6 Å². The van der Waals surface area contributed by atoms with E-state index in [9.17, 15) is 0 Å². The Morgan fingerprint density at radius 2 is 2.14 bits per heavy atom. The molecule has 1 saturated carbocycles. The van der Waals surface area contributed by atoms with Gasteiger partial charge in [-0.15, -0.1) is 0 Å². The number of aromatic nitrogens is 2. The van der Waals surface area contributed by atoms with E-state index in [1.807, 2.05) is 0 Å². The predicted molar refractivity (Wildman–Crippen MR) is 58.3 cm³/mol. The average molecular weight is 193 g/mol. The minimum atomic E-state index is 0.657. The van der Waals surface area contributed by atoms with E-state index in [2.05, 4.69) is 23.4 Å². The highest BCUT2D eigenvalue weighted by Crippen LogP contribution is 2.39. The van der Waals surface area contributed by atoms with Crippen molar-refractivity contribution < 1.29 is 0 Å². The molecule has 78 valence electrons. The van der Waals surface area contributed by atoms with Gasteiger partial charge in [-0.2, -0.15) is 0 Å². The number of nitrogen functional groups attached to an aromatic ring is 1. The molecule has 14 heavy (non-hydrogen) atoms. The molecule has 1 heterocycles. The van der Waals surface area contributed by atoms with Crippen molar-refractivity contribution in [2.75, 3.05) is 5.73 Å². The van der Waals surface area contributed by atoms with Crippen LogP contribution in [0, 0.1) is 0 Å². The number of hydrogen-bond donors (Lipinski definition) is 1. The molecule has 0 spiro atoms. The quantitative estimate of drug-likeness (QED) is 0.797. The zero-order chi connectivity index (χ0) is 10.1. The number of nitrogens with zero attached hydrogens (tertiary/aromatic N) is 2. The van der Waals surface area contributed by atoms with Gasteiger partial charge in [-0.1, -0.05) is 13.8 Å². The van der Waals surface area contributed by atoms with Crippen molar-refractivity contribution in [2.24, 2.45) is 0 Å². The standard InChI is InChI=1S/C11H19N3/c1-3-5-10-13-9(4-2)11(12)14(10)8-6-7-8/h8H,3-7,12H2,1-2H3. The summed E-state index contributed by atoms with van der Waals surface area (Å²) in [5.41, 5.74) is 7.17. The van der Waals surface area contributed by atoms with Crippen LogP contribution in [0.2, 0.25) is 0 Å². The van der Waals surface area contributed by atoms with Gasteiger partial charge in [-0.3, -0.25) is 0 Å². The first-order chi connectivity index (χ1) is 6.77. The van der Waals surface area contributed by atoms with Crippen molar-refractivity contribution in [3.63, 3.8) is 0 Å². The lowest BCUT2D eigenvalue weighted by molar-refractivity contribution is 0.676. The molecule has 0 bridgehead atoms. The molecule has 1 aromatic rings. The smallest absolute Gasteiger partial charge is 0.127 e. The Hall–Kier alpha value is -0.990. The van der Waals surface area contributed by atoms with Crippen LogP contribution in [-0.4, -0.2) is 9.55 Å². The third-order valence-corrected chi connectivity index (χ3v) is 2.82. The number of hydrogen-bond acceptors (Lipinski definition) is 2. The van der Waals surface area contributed by atoms with Crippen molar-refractivity contribution in [3.8, 4) is 0 Å². The van der Waals surface area contributed by atoms with Gasteiger partial charge in [0, 0.05) is 12.5 Å². The summed E-state index contributed by atoms with van der Waals surface area (Å²) in [7, 11) is 0. The van der Waals surface area contributed by atoms with Gasteiger partial charge in [0.15, 0.2) is 0 Å². The number of rotatable bonds is 4. The minimum absolute atomic E-state index is 0.657. The molecule has 1 fully saturated rings. The molecule has 0 amide bonds. The summed E-state index contributed by atoms with van der Waals surface area (Å²) in [6, 6.07) is 0.657. The van der Waals surface area contributed by atoms with Crippen LogP contribution in [0.3, 0.4) is 0 Å². The third kappa shape index (κ3) is 1.51. The molecule has 1 aliphatic carbocycles. The highest BCUT2D eigenvalue weighted by atomic mass is 15.2. The Morgan fingerprint density at radius 3 is 2.64 bits per heavy atom. The van der Waals surface area contributed by atoms with Gasteiger partial charge in [-0.05, 0) is 25.7 Å². The molecule has 0 unspecified atom stereocenters. The van der Waals surface area contributed by atoms with E-state index in [0.29, 0.717) is 6.04 Å². The van der Waals surface area contributed by atoms with Gasteiger partial charge in [-0.25, -0.2) is 4.98 Å². The summed E-state index contributed by atoms with van der Waals surface area (Å²) < 4.78 is 2.27. The first kappa shape index (κ1) is 9.56.